The first-order valence-corrected chi connectivity index (χ1v) is 10.1. The summed E-state index contributed by atoms with van der Waals surface area (Å²) in [5.41, 5.74) is 6.39. The highest BCUT2D eigenvalue weighted by Gasteiger charge is 2.15. The van der Waals surface area contributed by atoms with Gasteiger partial charge in [-0.3, -0.25) is 4.79 Å². The molecule has 142 valence electrons. The van der Waals surface area contributed by atoms with Crippen LogP contribution in [0.2, 0.25) is 0 Å². The second-order valence-electron chi connectivity index (χ2n) is 6.75. The Bertz CT molecular complexity index is 1160. The quantitative estimate of drug-likeness (QED) is 0.577. The molecule has 5 heterocycles. The molecule has 0 radical (unpaired) electrons. The molecule has 1 N–H and O–H groups in total. The zero-order valence-electron chi connectivity index (χ0n) is 15.2. The van der Waals surface area contributed by atoms with Crippen molar-refractivity contribution in [1.82, 2.24) is 19.5 Å². The van der Waals surface area contributed by atoms with E-state index in [4.69, 9.17) is 4.74 Å². The summed E-state index contributed by atoms with van der Waals surface area (Å²) in [5.74, 6) is 0. The smallest absolute Gasteiger partial charge is 0.251 e. The van der Waals surface area contributed by atoms with E-state index in [1.165, 1.54) is 11.3 Å². The highest BCUT2D eigenvalue weighted by atomic mass is 32.1. The third kappa shape index (κ3) is 3.21. The first kappa shape index (κ1) is 17.2. The van der Waals surface area contributed by atoms with E-state index in [1.54, 1.807) is 16.1 Å². The Labute approximate surface area is 165 Å². The van der Waals surface area contributed by atoms with E-state index in [0.717, 1.165) is 59.8 Å². The van der Waals surface area contributed by atoms with Gasteiger partial charge < -0.3 is 19.2 Å². The molecule has 7 nitrogen and oxygen atoms in total. The van der Waals surface area contributed by atoms with Crippen molar-refractivity contribution in [3.8, 4) is 11.1 Å². The summed E-state index contributed by atoms with van der Waals surface area (Å²) in [6, 6.07) is 5.79. The maximum Gasteiger partial charge on any atom is 0.251 e. The Morgan fingerprint density at radius 2 is 2.11 bits per heavy atom. The number of morpholine rings is 1. The summed E-state index contributed by atoms with van der Waals surface area (Å²) in [4.78, 5) is 26.9. The molecule has 1 saturated heterocycles. The molecule has 4 aromatic heterocycles. The minimum absolute atomic E-state index is 0.0443. The number of rotatable bonds is 4. The van der Waals surface area contributed by atoms with Crippen molar-refractivity contribution in [2.45, 2.75) is 6.54 Å². The minimum atomic E-state index is -0.0443. The molecule has 0 amide bonds. The highest BCUT2D eigenvalue weighted by Crippen LogP contribution is 2.30. The molecule has 4 aromatic rings. The van der Waals surface area contributed by atoms with E-state index < -0.39 is 0 Å². The van der Waals surface area contributed by atoms with Crippen molar-refractivity contribution < 1.29 is 4.74 Å². The molecule has 0 bridgehead atoms. The van der Waals surface area contributed by atoms with Crippen LogP contribution in [0.25, 0.3) is 22.2 Å². The number of hydrogen-bond donors (Lipinski definition) is 1. The first-order valence-electron chi connectivity index (χ1n) is 9.16. The fourth-order valence-corrected chi connectivity index (χ4v) is 4.07. The molecular formula is C20H19N5O2S. The number of nitrogens with zero attached hydrogens (tertiary/aromatic N) is 4. The Hall–Kier alpha value is -2.97. The van der Waals surface area contributed by atoms with E-state index in [-0.39, 0.29) is 5.56 Å². The van der Waals surface area contributed by atoms with Gasteiger partial charge in [-0.2, -0.15) is 0 Å². The molecular weight excluding hydrogens is 374 g/mol. The monoisotopic (exact) mass is 393 g/mol. The van der Waals surface area contributed by atoms with E-state index in [2.05, 4.69) is 25.9 Å². The van der Waals surface area contributed by atoms with Gasteiger partial charge in [0.05, 0.1) is 42.8 Å². The maximum atomic E-state index is 12.6. The molecule has 1 aliphatic heterocycles. The lowest BCUT2D eigenvalue weighted by Crippen LogP contribution is -2.36. The molecule has 1 aliphatic rings. The lowest BCUT2D eigenvalue weighted by atomic mass is 10.1. The van der Waals surface area contributed by atoms with E-state index in [9.17, 15) is 4.79 Å². The predicted molar refractivity (Wildman–Crippen MR) is 110 cm³/mol. The number of thiazole rings is 1. The summed E-state index contributed by atoms with van der Waals surface area (Å²) in [6.45, 7) is 3.67. The van der Waals surface area contributed by atoms with Crippen molar-refractivity contribution in [3.63, 3.8) is 0 Å². The van der Waals surface area contributed by atoms with Gasteiger partial charge in [0.15, 0.2) is 0 Å². The van der Waals surface area contributed by atoms with Crippen LogP contribution in [0.1, 0.15) is 5.69 Å². The van der Waals surface area contributed by atoms with Gasteiger partial charge in [0.2, 0.25) is 0 Å². The molecule has 5 rings (SSSR count). The molecule has 0 spiro atoms. The minimum Gasteiger partial charge on any atom is -0.378 e. The topological polar surface area (TPSA) is 76.0 Å². The van der Waals surface area contributed by atoms with Crippen molar-refractivity contribution in [1.29, 1.82) is 0 Å². The van der Waals surface area contributed by atoms with Gasteiger partial charge in [0.1, 0.15) is 5.65 Å². The van der Waals surface area contributed by atoms with Gasteiger partial charge in [0.25, 0.3) is 5.56 Å². The fraction of sp³-hybridized carbons (Fsp3) is 0.250. The fourth-order valence-electron chi connectivity index (χ4n) is 3.52. The Morgan fingerprint density at radius 1 is 1.21 bits per heavy atom. The van der Waals surface area contributed by atoms with E-state index >= 15 is 0 Å². The number of anilines is 1. The van der Waals surface area contributed by atoms with Crippen LogP contribution in [0.15, 0.2) is 52.5 Å². The van der Waals surface area contributed by atoms with Crippen LogP contribution in [0, 0.1) is 0 Å². The Balaban J connectivity index is 1.50. The van der Waals surface area contributed by atoms with Gasteiger partial charge in [-0.15, -0.1) is 11.3 Å². The SMILES string of the molecule is O=c1cc(-c2c[nH]c3ncc(N4CCOCC4)cc23)ccn1Cc1cscn1. The van der Waals surface area contributed by atoms with Gasteiger partial charge in [-0.1, -0.05) is 0 Å². The summed E-state index contributed by atoms with van der Waals surface area (Å²) in [7, 11) is 0. The lowest BCUT2D eigenvalue weighted by molar-refractivity contribution is 0.122. The number of hydrogen-bond acceptors (Lipinski definition) is 6. The number of H-pyrrole nitrogens is 1. The van der Waals surface area contributed by atoms with Gasteiger partial charge >= 0.3 is 0 Å². The molecule has 0 unspecified atom stereocenters. The molecule has 28 heavy (non-hydrogen) atoms. The van der Waals surface area contributed by atoms with Crippen LogP contribution in [0.5, 0.6) is 0 Å². The number of aromatic amines is 1. The highest BCUT2D eigenvalue weighted by molar-refractivity contribution is 7.07. The second kappa shape index (κ2) is 7.21. The zero-order valence-corrected chi connectivity index (χ0v) is 16.0. The molecule has 0 aliphatic carbocycles. The molecule has 0 saturated carbocycles. The van der Waals surface area contributed by atoms with Crippen LogP contribution in [0.4, 0.5) is 5.69 Å². The maximum absolute atomic E-state index is 12.6. The molecule has 1 fully saturated rings. The van der Waals surface area contributed by atoms with Crippen LogP contribution in [0.3, 0.4) is 0 Å². The van der Waals surface area contributed by atoms with Crippen molar-refractivity contribution in [2.24, 2.45) is 0 Å². The van der Waals surface area contributed by atoms with Crippen LogP contribution >= 0.6 is 11.3 Å². The zero-order chi connectivity index (χ0) is 18.9. The van der Waals surface area contributed by atoms with Crippen molar-refractivity contribution in [2.75, 3.05) is 31.2 Å². The molecule has 0 aromatic carbocycles. The van der Waals surface area contributed by atoms with Crippen LogP contribution < -0.4 is 10.5 Å². The third-order valence-electron chi connectivity index (χ3n) is 5.02. The van der Waals surface area contributed by atoms with Gasteiger partial charge in [-0.25, -0.2) is 9.97 Å². The molecule has 0 atom stereocenters. The van der Waals surface area contributed by atoms with Crippen molar-refractivity contribution >= 4 is 28.1 Å². The van der Waals surface area contributed by atoms with E-state index in [0.29, 0.717) is 6.54 Å². The average Bonchev–Trinajstić information content (AvgIpc) is 3.39. The predicted octanol–water partition coefficient (Wildman–Crippen LogP) is 2.73. The summed E-state index contributed by atoms with van der Waals surface area (Å²) < 4.78 is 7.11. The van der Waals surface area contributed by atoms with Crippen molar-refractivity contribution in [3.05, 3.63) is 63.7 Å². The number of ether oxygens (including phenoxy) is 1. The Morgan fingerprint density at radius 3 is 2.89 bits per heavy atom. The first-order chi connectivity index (χ1) is 13.8. The number of fused-ring (bicyclic) bond motifs is 1. The third-order valence-corrected chi connectivity index (χ3v) is 5.65. The van der Waals surface area contributed by atoms with Crippen LogP contribution in [-0.4, -0.2) is 45.8 Å². The largest absolute Gasteiger partial charge is 0.378 e. The van der Waals surface area contributed by atoms with E-state index in [1.807, 2.05) is 30.0 Å². The second-order valence-corrected chi connectivity index (χ2v) is 7.47. The lowest BCUT2D eigenvalue weighted by Gasteiger charge is -2.28. The Kier molecular flexibility index (Phi) is 4.42. The number of pyridine rings is 2. The standard InChI is InChI=1S/C20H19N5O2S/c26-19-7-14(1-2-25(19)11-15-12-28-13-23-15)18-10-22-20-17(18)8-16(9-21-20)24-3-5-27-6-4-24/h1-2,7-10,12-13H,3-6,11H2,(H,21,22). The van der Waals surface area contributed by atoms with Gasteiger partial charge in [0, 0.05) is 47.9 Å². The molecule has 8 heteroatoms. The summed E-state index contributed by atoms with van der Waals surface area (Å²) >= 11 is 1.53. The summed E-state index contributed by atoms with van der Waals surface area (Å²) in [5, 5.41) is 2.97. The normalized spacial score (nSPS) is 14.6. The average molecular weight is 393 g/mol. The summed E-state index contributed by atoms with van der Waals surface area (Å²) in [6.07, 6.45) is 5.63. The number of aromatic nitrogens is 4. The number of nitrogens with one attached hydrogen (secondary N) is 1. The van der Waals surface area contributed by atoms with Crippen LogP contribution in [-0.2, 0) is 11.3 Å². The van der Waals surface area contributed by atoms with Gasteiger partial charge in [-0.05, 0) is 17.7 Å².